The van der Waals surface area contributed by atoms with Crippen molar-refractivity contribution in [2.75, 3.05) is 26.7 Å². The summed E-state index contributed by atoms with van der Waals surface area (Å²) in [5, 5.41) is 7.01. The Labute approximate surface area is 183 Å². The van der Waals surface area contributed by atoms with Crippen LogP contribution in [0.25, 0.3) is 0 Å². The van der Waals surface area contributed by atoms with Crippen molar-refractivity contribution in [3.05, 3.63) is 46.0 Å². The molecule has 0 bridgehead atoms. The Hall–Kier alpha value is -1.06. The van der Waals surface area contributed by atoms with Crippen LogP contribution in [0.3, 0.4) is 0 Å². The molecule has 0 saturated carbocycles. The average molecular weight is 502 g/mol. The van der Waals surface area contributed by atoms with E-state index in [1.54, 1.807) is 6.26 Å². The van der Waals surface area contributed by atoms with E-state index in [4.69, 9.17) is 4.42 Å². The van der Waals surface area contributed by atoms with Gasteiger partial charge in [-0.3, -0.25) is 9.89 Å². The second-order valence-electron chi connectivity index (χ2n) is 6.99. The predicted molar refractivity (Wildman–Crippen MR) is 124 cm³/mol. The van der Waals surface area contributed by atoms with Crippen LogP contribution < -0.4 is 10.6 Å². The summed E-state index contributed by atoms with van der Waals surface area (Å²) in [5.41, 5.74) is 0. The number of halogens is 1. The molecule has 2 atom stereocenters. The number of hydrogen-bond acceptors (Lipinski definition) is 4. The highest BCUT2D eigenvalue weighted by molar-refractivity contribution is 14.0. The van der Waals surface area contributed by atoms with Gasteiger partial charge in [0.05, 0.1) is 12.3 Å². The van der Waals surface area contributed by atoms with Crippen molar-refractivity contribution >= 4 is 41.3 Å². The normalized spacial score (nSPS) is 17.4. The molecule has 0 spiro atoms. The maximum absolute atomic E-state index is 5.70. The Morgan fingerprint density at radius 3 is 2.67 bits per heavy atom. The molecule has 150 valence electrons. The zero-order valence-electron chi connectivity index (χ0n) is 16.4. The smallest absolute Gasteiger partial charge is 0.191 e. The molecule has 2 unspecified atom stereocenters. The molecule has 2 aromatic heterocycles. The molecular weight excluding hydrogens is 471 g/mol. The van der Waals surface area contributed by atoms with Gasteiger partial charge in [-0.2, -0.15) is 0 Å². The maximum Gasteiger partial charge on any atom is 0.191 e. The minimum Gasteiger partial charge on any atom is -0.468 e. The van der Waals surface area contributed by atoms with E-state index in [1.165, 1.54) is 22.6 Å². The third-order valence-corrected chi connectivity index (χ3v) is 5.85. The molecule has 5 nitrogen and oxygen atoms in total. The third kappa shape index (κ3) is 6.50. The summed E-state index contributed by atoms with van der Waals surface area (Å²) in [4.78, 5) is 9.67. The summed E-state index contributed by atoms with van der Waals surface area (Å²) in [5.74, 6) is 1.87. The lowest BCUT2D eigenvalue weighted by Crippen LogP contribution is -2.46. The van der Waals surface area contributed by atoms with Gasteiger partial charge in [-0.1, -0.05) is 0 Å². The van der Waals surface area contributed by atoms with Gasteiger partial charge < -0.3 is 15.1 Å². The van der Waals surface area contributed by atoms with Gasteiger partial charge in [-0.25, -0.2) is 0 Å². The molecule has 1 saturated heterocycles. The molecule has 7 heteroatoms. The highest BCUT2D eigenvalue weighted by atomic mass is 127. The van der Waals surface area contributed by atoms with Crippen molar-refractivity contribution in [3.63, 3.8) is 0 Å². The SMILES string of the molecule is CN=C(NCC(c1ccco1)N1CCCC1)NC(C)Cc1ccc(C)s1.I. The fraction of sp³-hybridized carbons (Fsp3) is 0.550. The summed E-state index contributed by atoms with van der Waals surface area (Å²) < 4.78 is 5.70. The lowest BCUT2D eigenvalue weighted by atomic mass is 10.2. The number of nitrogens with one attached hydrogen (secondary N) is 2. The van der Waals surface area contributed by atoms with Crippen LogP contribution >= 0.6 is 35.3 Å². The predicted octanol–water partition coefficient (Wildman–Crippen LogP) is 4.20. The Morgan fingerprint density at radius 2 is 2.07 bits per heavy atom. The van der Waals surface area contributed by atoms with Crippen LogP contribution in [0.4, 0.5) is 0 Å². The Balaban J connectivity index is 0.00000261. The quantitative estimate of drug-likeness (QED) is 0.339. The lowest BCUT2D eigenvalue weighted by molar-refractivity contribution is 0.215. The summed E-state index contributed by atoms with van der Waals surface area (Å²) in [7, 11) is 1.83. The van der Waals surface area contributed by atoms with E-state index in [1.807, 2.05) is 24.5 Å². The van der Waals surface area contributed by atoms with E-state index in [9.17, 15) is 0 Å². The second kappa shape index (κ2) is 11.1. The van der Waals surface area contributed by atoms with Crippen LogP contribution in [-0.4, -0.2) is 43.6 Å². The van der Waals surface area contributed by atoms with Crippen LogP contribution in [0, 0.1) is 6.92 Å². The van der Waals surface area contributed by atoms with Crippen LogP contribution in [0.1, 0.15) is 41.3 Å². The van der Waals surface area contributed by atoms with Crippen LogP contribution in [0.2, 0.25) is 0 Å². The number of hydrogen-bond donors (Lipinski definition) is 2. The first kappa shape index (κ1) is 22.2. The number of rotatable bonds is 7. The second-order valence-corrected chi connectivity index (χ2v) is 8.36. The van der Waals surface area contributed by atoms with Crippen molar-refractivity contribution in [2.45, 2.75) is 45.2 Å². The molecule has 0 radical (unpaired) electrons. The first-order chi connectivity index (χ1) is 12.7. The van der Waals surface area contributed by atoms with Gasteiger partial charge in [0, 0.05) is 35.8 Å². The molecule has 0 amide bonds. The number of aryl methyl sites for hydroxylation is 1. The molecular formula is C20H31IN4OS. The third-order valence-electron chi connectivity index (χ3n) is 4.83. The molecule has 0 aromatic carbocycles. The van der Waals surface area contributed by atoms with Gasteiger partial charge in [0.2, 0.25) is 0 Å². The number of aliphatic imine (C=N–C) groups is 1. The molecule has 1 fully saturated rings. The van der Waals surface area contributed by atoms with Crippen molar-refractivity contribution < 1.29 is 4.42 Å². The average Bonchev–Trinajstić information content (AvgIpc) is 3.37. The Kier molecular flexibility index (Phi) is 9.11. The van der Waals surface area contributed by atoms with Crippen molar-refractivity contribution in [1.82, 2.24) is 15.5 Å². The standard InChI is InChI=1S/C20H30N4OS.HI/c1-15(13-17-9-8-16(2)26-17)23-20(21-3)22-14-18(19-7-6-12-25-19)24-10-4-5-11-24;/h6-9,12,15,18H,4-5,10-11,13-14H2,1-3H3,(H2,21,22,23);1H. The van der Waals surface area contributed by atoms with E-state index in [-0.39, 0.29) is 30.0 Å². The van der Waals surface area contributed by atoms with Gasteiger partial charge in [0.15, 0.2) is 5.96 Å². The number of guanidine groups is 1. The summed E-state index contributed by atoms with van der Waals surface area (Å²) in [6.45, 7) is 7.41. The van der Waals surface area contributed by atoms with E-state index in [2.05, 4.69) is 52.6 Å². The molecule has 2 N–H and O–H groups in total. The minimum atomic E-state index is 0. The minimum absolute atomic E-state index is 0. The summed E-state index contributed by atoms with van der Waals surface area (Å²) in [6.07, 6.45) is 5.30. The topological polar surface area (TPSA) is 52.8 Å². The van der Waals surface area contributed by atoms with E-state index in [0.29, 0.717) is 6.04 Å². The fourth-order valence-corrected chi connectivity index (χ4v) is 4.53. The Morgan fingerprint density at radius 1 is 1.30 bits per heavy atom. The highest BCUT2D eigenvalue weighted by Gasteiger charge is 2.25. The molecule has 0 aliphatic carbocycles. The molecule has 1 aliphatic rings. The molecule has 3 heterocycles. The molecule has 2 aromatic rings. The fourth-order valence-electron chi connectivity index (χ4n) is 3.51. The molecule has 3 rings (SSSR count). The van der Waals surface area contributed by atoms with Crippen molar-refractivity contribution in [3.8, 4) is 0 Å². The van der Waals surface area contributed by atoms with Crippen LogP contribution in [0.15, 0.2) is 39.9 Å². The molecule has 27 heavy (non-hydrogen) atoms. The zero-order valence-corrected chi connectivity index (χ0v) is 19.6. The van der Waals surface area contributed by atoms with E-state index in [0.717, 1.165) is 37.8 Å². The van der Waals surface area contributed by atoms with Gasteiger partial charge in [0.25, 0.3) is 0 Å². The summed E-state index contributed by atoms with van der Waals surface area (Å²) >= 11 is 1.86. The van der Waals surface area contributed by atoms with Crippen molar-refractivity contribution in [1.29, 1.82) is 0 Å². The Bertz CT molecular complexity index is 695. The lowest BCUT2D eigenvalue weighted by Gasteiger charge is -2.27. The van der Waals surface area contributed by atoms with Gasteiger partial charge in [0.1, 0.15) is 5.76 Å². The van der Waals surface area contributed by atoms with Crippen molar-refractivity contribution in [2.24, 2.45) is 4.99 Å². The van der Waals surface area contributed by atoms with Crippen LogP contribution in [0.5, 0.6) is 0 Å². The van der Waals surface area contributed by atoms with Gasteiger partial charge in [-0.05, 0) is 64.0 Å². The largest absolute Gasteiger partial charge is 0.468 e. The highest BCUT2D eigenvalue weighted by Crippen LogP contribution is 2.24. The first-order valence-corrected chi connectivity index (χ1v) is 10.3. The maximum atomic E-state index is 5.70. The monoisotopic (exact) mass is 502 g/mol. The van der Waals surface area contributed by atoms with E-state index < -0.39 is 0 Å². The number of furan rings is 1. The number of likely N-dealkylation sites (tertiary alicyclic amines) is 1. The summed E-state index contributed by atoms with van der Waals surface area (Å²) in [6, 6.07) is 9.02. The van der Waals surface area contributed by atoms with E-state index >= 15 is 0 Å². The van der Waals surface area contributed by atoms with Gasteiger partial charge >= 0.3 is 0 Å². The first-order valence-electron chi connectivity index (χ1n) is 9.45. The van der Waals surface area contributed by atoms with Gasteiger partial charge in [-0.15, -0.1) is 35.3 Å². The van der Waals surface area contributed by atoms with Crippen LogP contribution in [-0.2, 0) is 6.42 Å². The molecule has 1 aliphatic heterocycles. The zero-order chi connectivity index (χ0) is 18.4. The number of nitrogens with zero attached hydrogens (tertiary/aromatic N) is 2. The number of thiophene rings is 1.